The molecule has 106 valence electrons. The fourth-order valence-corrected chi connectivity index (χ4v) is 1.50. The zero-order valence-electron chi connectivity index (χ0n) is 10.2. The highest BCUT2D eigenvalue weighted by Crippen LogP contribution is 2.28. The van der Waals surface area contributed by atoms with Crippen LogP contribution in [0.5, 0.6) is 0 Å². The number of hydrogen-bond donors (Lipinski definition) is 2. The fraction of sp³-hybridized carbons (Fsp3) is 0.455. The maximum atomic E-state index is 13.5. The Kier molecular flexibility index (Phi) is 5.58. The minimum absolute atomic E-state index is 0.0474. The van der Waals surface area contributed by atoms with Crippen molar-refractivity contribution in [1.29, 1.82) is 0 Å². The number of nitro groups is 1. The number of rotatable bonds is 7. The summed E-state index contributed by atoms with van der Waals surface area (Å²) in [7, 11) is 1.41. The smallest absolute Gasteiger partial charge is 0.295 e. The van der Waals surface area contributed by atoms with Crippen molar-refractivity contribution >= 4 is 11.4 Å². The van der Waals surface area contributed by atoms with Gasteiger partial charge in [0.25, 0.3) is 5.69 Å². The number of ether oxygens (including phenoxy) is 1. The Labute approximate surface area is 108 Å². The molecule has 0 heterocycles. The van der Waals surface area contributed by atoms with Crippen LogP contribution in [0.4, 0.5) is 20.2 Å². The number of aliphatic hydroxyl groups excluding tert-OH is 1. The van der Waals surface area contributed by atoms with Crippen LogP contribution in [0.25, 0.3) is 0 Å². The molecule has 0 aromatic heterocycles. The fourth-order valence-electron chi connectivity index (χ4n) is 1.50. The van der Waals surface area contributed by atoms with E-state index in [-0.39, 0.29) is 19.6 Å². The molecule has 1 atom stereocenters. The number of nitrogens with zero attached hydrogens (tertiary/aromatic N) is 1. The SMILES string of the molecule is COCC(O)CCNc1c([N+](=O)[O-])ccc(F)c1F. The predicted molar refractivity (Wildman–Crippen MR) is 64.0 cm³/mol. The molecule has 0 bridgehead atoms. The van der Waals surface area contributed by atoms with Crippen molar-refractivity contribution in [2.24, 2.45) is 0 Å². The van der Waals surface area contributed by atoms with Crippen molar-refractivity contribution in [2.75, 3.05) is 25.6 Å². The van der Waals surface area contributed by atoms with E-state index in [9.17, 15) is 24.0 Å². The summed E-state index contributed by atoms with van der Waals surface area (Å²) < 4.78 is 31.2. The molecular weight excluding hydrogens is 262 g/mol. The van der Waals surface area contributed by atoms with E-state index < -0.39 is 34.0 Å². The lowest BCUT2D eigenvalue weighted by Crippen LogP contribution is -2.19. The highest BCUT2D eigenvalue weighted by Gasteiger charge is 2.21. The maximum absolute atomic E-state index is 13.5. The summed E-state index contributed by atoms with van der Waals surface area (Å²) in [6.07, 6.45) is -0.603. The Bertz CT molecular complexity index is 457. The number of nitrogens with one attached hydrogen (secondary N) is 1. The average molecular weight is 276 g/mol. The summed E-state index contributed by atoms with van der Waals surface area (Å²) in [5, 5.41) is 22.5. The van der Waals surface area contributed by atoms with Gasteiger partial charge >= 0.3 is 0 Å². The third kappa shape index (κ3) is 4.11. The van der Waals surface area contributed by atoms with Crippen molar-refractivity contribution in [3.63, 3.8) is 0 Å². The normalized spacial score (nSPS) is 12.2. The lowest BCUT2D eigenvalue weighted by Gasteiger charge is -2.11. The summed E-state index contributed by atoms with van der Waals surface area (Å²) in [5.74, 6) is -2.49. The molecule has 1 unspecified atom stereocenters. The molecule has 0 fully saturated rings. The first-order valence-electron chi connectivity index (χ1n) is 5.50. The van der Waals surface area contributed by atoms with Gasteiger partial charge in [0, 0.05) is 19.7 Å². The quantitative estimate of drug-likeness (QED) is 0.584. The number of anilines is 1. The Morgan fingerprint density at radius 1 is 1.53 bits per heavy atom. The van der Waals surface area contributed by atoms with Gasteiger partial charge in [0.2, 0.25) is 0 Å². The Morgan fingerprint density at radius 2 is 2.21 bits per heavy atom. The first kappa shape index (κ1) is 15.3. The van der Waals surface area contributed by atoms with Crippen molar-refractivity contribution in [3.05, 3.63) is 33.9 Å². The molecule has 0 saturated carbocycles. The van der Waals surface area contributed by atoms with Gasteiger partial charge in [-0.2, -0.15) is 0 Å². The van der Waals surface area contributed by atoms with Gasteiger partial charge in [-0.15, -0.1) is 0 Å². The van der Waals surface area contributed by atoms with Gasteiger partial charge < -0.3 is 15.2 Å². The summed E-state index contributed by atoms with van der Waals surface area (Å²) in [6, 6.07) is 1.57. The Hall–Kier alpha value is -1.80. The molecule has 1 aromatic carbocycles. The van der Waals surface area contributed by atoms with Gasteiger partial charge in [0.1, 0.15) is 0 Å². The predicted octanol–water partition coefficient (Wildman–Crippen LogP) is 1.68. The number of halogens is 2. The number of aliphatic hydroxyl groups is 1. The monoisotopic (exact) mass is 276 g/mol. The van der Waals surface area contributed by atoms with Crippen LogP contribution < -0.4 is 5.32 Å². The van der Waals surface area contributed by atoms with Crippen molar-refractivity contribution in [2.45, 2.75) is 12.5 Å². The summed E-state index contributed by atoms with van der Waals surface area (Å²) in [6.45, 7) is 0.140. The Balaban J connectivity index is 2.76. The molecule has 0 amide bonds. The summed E-state index contributed by atoms with van der Waals surface area (Å²) in [4.78, 5) is 9.88. The molecule has 19 heavy (non-hydrogen) atoms. The number of benzene rings is 1. The highest BCUT2D eigenvalue weighted by atomic mass is 19.2. The van der Waals surface area contributed by atoms with Crippen molar-refractivity contribution in [3.8, 4) is 0 Å². The topological polar surface area (TPSA) is 84.6 Å². The molecule has 0 aliphatic rings. The van der Waals surface area contributed by atoms with E-state index in [1.54, 1.807) is 0 Å². The second kappa shape index (κ2) is 6.95. The number of hydrogen-bond acceptors (Lipinski definition) is 5. The van der Waals surface area contributed by atoms with E-state index in [1.165, 1.54) is 7.11 Å². The summed E-state index contributed by atoms with van der Waals surface area (Å²) in [5.41, 5.74) is -1.07. The highest BCUT2D eigenvalue weighted by molar-refractivity contribution is 5.62. The van der Waals surface area contributed by atoms with Crippen molar-refractivity contribution < 1.29 is 23.5 Å². The van der Waals surface area contributed by atoms with E-state index in [0.717, 1.165) is 6.07 Å². The van der Waals surface area contributed by atoms with Crippen LogP contribution in [0.1, 0.15) is 6.42 Å². The first-order valence-corrected chi connectivity index (χ1v) is 5.50. The molecule has 0 radical (unpaired) electrons. The van der Waals surface area contributed by atoms with Crippen LogP contribution in [-0.4, -0.2) is 36.4 Å². The van der Waals surface area contributed by atoms with E-state index in [0.29, 0.717) is 6.07 Å². The van der Waals surface area contributed by atoms with Gasteiger partial charge in [0.05, 0.1) is 17.6 Å². The third-order valence-electron chi connectivity index (χ3n) is 2.41. The van der Waals surface area contributed by atoms with Gasteiger partial charge in [-0.05, 0) is 12.5 Å². The molecule has 0 saturated heterocycles. The lowest BCUT2D eigenvalue weighted by atomic mass is 10.2. The molecule has 0 spiro atoms. The molecule has 2 N–H and O–H groups in total. The van der Waals surface area contributed by atoms with Gasteiger partial charge in [-0.3, -0.25) is 10.1 Å². The molecule has 1 aromatic rings. The second-order valence-electron chi connectivity index (χ2n) is 3.84. The zero-order chi connectivity index (χ0) is 14.4. The van der Waals surface area contributed by atoms with Crippen LogP contribution in [0.2, 0.25) is 0 Å². The van der Waals surface area contributed by atoms with Crippen molar-refractivity contribution in [1.82, 2.24) is 0 Å². The maximum Gasteiger partial charge on any atom is 0.295 e. The minimum atomic E-state index is -1.31. The molecule has 1 rings (SSSR count). The molecule has 0 aliphatic heterocycles. The molecule has 0 aliphatic carbocycles. The van der Waals surface area contributed by atoms with E-state index in [1.807, 2.05) is 0 Å². The standard InChI is InChI=1S/C11H14F2N2O4/c1-19-6-7(16)4-5-14-11-9(15(17)18)3-2-8(12)10(11)13/h2-3,7,14,16H,4-6H2,1H3. The number of nitro benzene ring substituents is 1. The first-order chi connectivity index (χ1) is 8.97. The largest absolute Gasteiger partial charge is 0.391 e. The molecule has 8 heteroatoms. The van der Waals surface area contributed by atoms with E-state index >= 15 is 0 Å². The number of methoxy groups -OCH3 is 1. The van der Waals surface area contributed by atoms with Crippen LogP contribution >= 0.6 is 0 Å². The van der Waals surface area contributed by atoms with E-state index in [4.69, 9.17) is 4.74 Å². The zero-order valence-corrected chi connectivity index (χ0v) is 10.2. The molecule has 6 nitrogen and oxygen atoms in total. The third-order valence-corrected chi connectivity index (χ3v) is 2.41. The van der Waals surface area contributed by atoms with Crippen LogP contribution in [0, 0.1) is 21.7 Å². The lowest BCUT2D eigenvalue weighted by molar-refractivity contribution is -0.384. The average Bonchev–Trinajstić information content (AvgIpc) is 2.34. The minimum Gasteiger partial charge on any atom is -0.391 e. The van der Waals surface area contributed by atoms with Gasteiger partial charge in [0.15, 0.2) is 17.3 Å². The van der Waals surface area contributed by atoms with Gasteiger partial charge in [-0.25, -0.2) is 8.78 Å². The van der Waals surface area contributed by atoms with Crippen LogP contribution in [0.15, 0.2) is 12.1 Å². The summed E-state index contributed by atoms with van der Waals surface area (Å²) >= 11 is 0. The van der Waals surface area contributed by atoms with Crippen LogP contribution in [0.3, 0.4) is 0 Å². The second-order valence-corrected chi connectivity index (χ2v) is 3.84. The van der Waals surface area contributed by atoms with E-state index in [2.05, 4.69) is 5.32 Å². The van der Waals surface area contributed by atoms with Gasteiger partial charge in [-0.1, -0.05) is 0 Å². The van der Waals surface area contributed by atoms with Crippen LogP contribution in [-0.2, 0) is 4.74 Å². The Morgan fingerprint density at radius 3 is 2.79 bits per heavy atom. The molecular formula is C11H14F2N2O4.